The molecule has 2 aliphatic rings. The van der Waals surface area contributed by atoms with Crippen LogP contribution in [0, 0.1) is 0 Å². The summed E-state index contributed by atoms with van der Waals surface area (Å²) in [6, 6.07) is 0. The fourth-order valence-corrected chi connectivity index (χ4v) is 3.33. The van der Waals surface area contributed by atoms with Crippen molar-refractivity contribution < 1.29 is 19.7 Å². The van der Waals surface area contributed by atoms with Crippen molar-refractivity contribution in [2.75, 3.05) is 26.2 Å². The lowest BCUT2D eigenvalue weighted by Gasteiger charge is -2.39. The number of hydrogen-bond acceptors (Lipinski definition) is 4. The van der Waals surface area contributed by atoms with Gasteiger partial charge in [0.05, 0.1) is 24.7 Å². The average molecular weight is 285 g/mol. The number of aliphatic carboxylic acids is 1. The molecule has 1 saturated carbocycles. The maximum atomic E-state index is 10.6. The van der Waals surface area contributed by atoms with Gasteiger partial charge in [0.15, 0.2) is 0 Å². The molecule has 0 aromatic carbocycles. The fraction of sp³-hybridized carbons (Fsp3) is 0.933. The zero-order valence-electron chi connectivity index (χ0n) is 12.2. The Morgan fingerprint density at radius 2 is 1.85 bits per heavy atom. The molecule has 0 aromatic heterocycles. The van der Waals surface area contributed by atoms with E-state index in [1.807, 2.05) is 0 Å². The minimum Gasteiger partial charge on any atom is -0.481 e. The SMILES string of the molecule is O=C(O)CCOC1CCN(CC2(O)CCCCC2)CC1. The van der Waals surface area contributed by atoms with Gasteiger partial charge in [-0.05, 0) is 25.7 Å². The summed E-state index contributed by atoms with van der Waals surface area (Å²) in [5.74, 6) is -0.804. The Morgan fingerprint density at radius 3 is 2.45 bits per heavy atom. The van der Waals surface area contributed by atoms with Crippen LogP contribution in [0.1, 0.15) is 51.4 Å². The van der Waals surface area contributed by atoms with Gasteiger partial charge in [-0.2, -0.15) is 0 Å². The molecular weight excluding hydrogens is 258 g/mol. The predicted molar refractivity (Wildman–Crippen MR) is 75.7 cm³/mol. The first-order chi connectivity index (χ1) is 9.57. The van der Waals surface area contributed by atoms with Gasteiger partial charge in [0.25, 0.3) is 0 Å². The second kappa shape index (κ2) is 7.38. The van der Waals surface area contributed by atoms with E-state index in [0.717, 1.165) is 58.2 Å². The molecular formula is C15H27NO4. The van der Waals surface area contributed by atoms with Gasteiger partial charge < -0.3 is 19.8 Å². The Hall–Kier alpha value is -0.650. The molecule has 2 rings (SSSR count). The molecule has 0 unspecified atom stereocenters. The summed E-state index contributed by atoms with van der Waals surface area (Å²) in [5.41, 5.74) is -0.477. The first-order valence-electron chi connectivity index (χ1n) is 7.86. The number of rotatable bonds is 6. The van der Waals surface area contributed by atoms with Crippen molar-refractivity contribution in [1.29, 1.82) is 0 Å². The molecule has 1 saturated heterocycles. The van der Waals surface area contributed by atoms with Gasteiger partial charge in [0.1, 0.15) is 0 Å². The third kappa shape index (κ3) is 5.04. The summed E-state index contributed by atoms with van der Waals surface area (Å²) in [6.07, 6.45) is 7.56. The summed E-state index contributed by atoms with van der Waals surface area (Å²) in [5, 5.41) is 19.1. The highest BCUT2D eigenvalue weighted by Gasteiger charge is 2.32. The van der Waals surface area contributed by atoms with Crippen molar-refractivity contribution in [3.8, 4) is 0 Å². The third-order valence-electron chi connectivity index (χ3n) is 4.51. The molecule has 5 heteroatoms. The van der Waals surface area contributed by atoms with E-state index in [-0.39, 0.29) is 12.5 Å². The number of aliphatic hydroxyl groups is 1. The van der Waals surface area contributed by atoms with Crippen LogP contribution in [0.25, 0.3) is 0 Å². The van der Waals surface area contributed by atoms with E-state index in [0.29, 0.717) is 6.61 Å². The molecule has 0 radical (unpaired) electrons. The minimum absolute atomic E-state index is 0.0833. The van der Waals surface area contributed by atoms with E-state index in [4.69, 9.17) is 9.84 Å². The largest absolute Gasteiger partial charge is 0.481 e. The van der Waals surface area contributed by atoms with Gasteiger partial charge >= 0.3 is 5.97 Å². The highest BCUT2D eigenvalue weighted by Crippen LogP contribution is 2.29. The second-order valence-electron chi connectivity index (χ2n) is 6.28. The number of ether oxygens (including phenoxy) is 1. The first-order valence-corrected chi connectivity index (χ1v) is 7.86. The quantitative estimate of drug-likeness (QED) is 0.776. The Morgan fingerprint density at radius 1 is 1.20 bits per heavy atom. The monoisotopic (exact) mass is 285 g/mol. The van der Waals surface area contributed by atoms with Gasteiger partial charge in [-0.25, -0.2) is 0 Å². The van der Waals surface area contributed by atoms with Crippen molar-refractivity contribution in [3.63, 3.8) is 0 Å². The molecule has 1 aliphatic carbocycles. The minimum atomic E-state index is -0.804. The molecule has 0 amide bonds. The first kappa shape index (κ1) is 15.7. The van der Waals surface area contributed by atoms with Crippen molar-refractivity contribution in [3.05, 3.63) is 0 Å². The van der Waals surface area contributed by atoms with Crippen LogP contribution in [0.15, 0.2) is 0 Å². The summed E-state index contributed by atoms with van der Waals surface area (Å²) in [7, 11) is 0. The zero-order valence-corrected chi connectivity index (χ0v) is 12.2. The maximum absolute atomic E-state index is 10.6. The van der Waals surface area contributed by atoms with Crippen LogP contribution in [0.2, 0.25) is 0 Å². The fourth-order valence-electron chi connectivity index (χ4n) is 3.33. The number of carbonyl (C=O) groups is 1. The standard InChI is InChI=1S/C15H27NO4/c17-14(18)6-11-20-13-4-9-16(10-5-13)12-15(19)7-2-1-3-8-15/h13,19H,1-12H2,(H,17,18). The molecule has 20 heavy (non-hydrogen) atoms. The van der Waals surface area contributed by atoms with Gasteiger partial charge in [0.2, 0.25) is 0 Å². The number of hydrogen-bond donors (Lipinski definition) is 2. The number of piperidine rings is 1. The lowest BCUT2D eigenvalue weighted by atomic mass is 9.84. The number of likely N-dealkylation sites (tertiary alicyclic amines) is 1. The number of carboxylic acids is 1. The second-order valence-corrected chi connectivity index (χ2v) is 6.28. The molecule has 0 aromatic rings. The highest BCUT2D eigenvalue weighted by atomic mass is 16.5. The van der Waals surface area contributed by atoms with Crippen LogP contribution >= 0.6 is 0 Å². The van der Waals surface area contributed by atoms with E-state index in [2.05, 4.69) is 4.90 Å². The molecule has 0 spiro atoms. The van der Waals surface area contributed by atoms with Gasteiger partial charge in [-0.3, -0.25) is 4.79 Å². The van der Waals surface area contributed by atoms with Gasteiger partial charge in [0, 0.05) is 19.6 Å². The Kier molecular flexibility index (Phi) is 5.81. The van der Waals surface area contributed by atoms with Gasteiger partial charge in [-0.15, -0.1) is 0 Å². The summed E-state index contributed by atoms with van der Waals surface area (Å²) in [6.45, 7) is 2.98. The predicted octanol–water partition coefficient (Wildman–Crippen LogP) is 1.64. The van der Waals surface area contributed by atoms with Crippen LogP contribution in [0.5, 0.6) is 0 Å². The Balaban J connectivity index is 1.65. The average Bonchev–Trinajstić information content (AvgIpc) is 2.41. The summed E-state index contributed by atoms with van der Waals surface area (Å²) in [4.78, 5) is 12.8. The molecule has 1 aliphatic heterocycles. The molecule has 1 heterocycles. The van der Waals surface area contributed by atoms with E-state index in [1.54, 1.807) is 0 Å². The molecule has 2 N–H and O–H groups in total. The van der Waals surface area contributed by atoms with Crippen LogP contribution in [0.3, 0.4) is 0 Å². The molecule has 5 nitrogen and oxygen atoms in total. The van der Waals surface area contributed by atoms with Crippen molar-refractivity contribution >= 4 is 5.97 Å². The highest BCUT2D eigenvalue weighted by molar-refractivity contribution is 5.66. The van der Waals surface area contributed by atoms with Crippen LogP contribution in [-0.4, -0.2) is 59.0 Å². The van der Waals surface area contributed by atoms with E-state index in [1.165, 1.54) is 6.42 Å². The number of carboxylic acid groups (broad SMARTS) is 1. The Bertz CT molecular complexity index is 307. The summed E-state index contributed by atoms with van der Waals surface area (Å²) < 4.78 is 5.59. The normalized spacial score (nSPS) is 24.6. The lowest BCUT2D eigenvalue weighted by Crippen LogP contribution is -2.48. The van der Waals surface area contributed by atoms with Crippen molar-refractivity contribution in [2.45, 2.75) is 63.1 Å². The lowest BCUT2D eigenvalue weighted by molar-refractivity contribution is -0.139. The van der Waals surface area contributed by atoms with Crippen LogP contribution in [-0.2, 0) is 9.53 Å². The summed E-state index contributed by atoms with van der Waals surface area (Å²) >= 11 is 0. The van der Waals surface area contributed by atoms with Gasteiger partial charge in [-0.1, -0.05) is 19.3 Å². The zero-order chi connectivity index (χ0) is 14.4. The van der Waals surface area contributed by atoms with Crippen LogP contribution < -0.4 is 0 Å². The maximum Gasteiger partial charge on any atom is 0.305 e. The topological polar surface area (TPSA) is 70.0 Å². The molecule has 0 atom stereocenters. The van der Waals surface area contributed by atoms with Crippen LogP contribution in [0.4, 0.5) is 0 Å². The molecule has 2 fully saturated rings. The van der Waals surface area contributed by atoms with Crippen molar-refractivity contribution in [1.82, 2.24) is 4.90 Å². The molecule has 116 valence electrons. The van der Waals surface area contributed by atoms with Crippen molar-refractivity contribution in [2.24, 2.45) is 0 Å². The third-order valence-corrected chi connectivity index (χ3v) is 4.51. The molecule has 0 bridgehead atoms. The van der Waals surface area contributed by atoms with E-state index in [9.17, 15) is 9.90 Å². The smallest absolute Gasteiger partial charge is 0.305 e. The number of β-amino-alcohol motifs (C(OH)–C–C–N with tert-alkyl or cyclic N) is 1. The Labute approximate surface area is 120 Å². The van der Waals surface area contributed by atoms with E-state index >= 15 is 0 Å². The van der Waals surface area contributed by atoms with E-state index < -0.39 is 11.6 Å². The number of nitrogens with zero attached hydrogens (tertiary/aromatic N) is 1.